The third kappa shape index (κ3) is 3.39. The summed E-state index contributed by atoms with van der Waals surface area (Å²) in [5.74, 6) is 0.0646. The molecule has 178 valence electrons. The summed E-state index contributed by atoms with van der Waals surface area (Å²) in [5.41, 5.74) is 3.09. The summed E-state index contributed by atoms with van der Waals surface area (Å²) < 4.78 is 12.4. The Labute approximate surface area is 199 Å². The molecule has 1 unspecified atom stereocenters. The van der Waals surface area contributed by atoms with Crippen molar-refractivity contribution in [2.45, 2.75) is 64.2 Å². The van der Waals surface area contributed by atoms with E-state index in [1.807, 2.05) is 18.2 Å². The van der Waals surface area contributed by atoms with E-state index in [1.165, 1.54) is 5.56 Å². The second-order valence-electron chi connectivity index (χ2n) is 10.5. The number of cyclic esters (lactones) is 1. The van der Waals surface area contributed by atoms with Gasteiger partial charge >= 0.3 is 5.97 Å². The monoisotopic (exact) mass is 478 g/mol. The highest BCUT2D eigenvalue weighted by molar-refractivity contribution is 6.76. The van der Waals surface area contributed by atoms with Crippen LogP contribution in [-0.2, 0) is 34.7 Å². The van der Waals surface area contributed by atoms with Gasteiger partial charge in [0.05, 0.1) is 36.1 Å². The summed E-state index contributed by atoms with van der Waals surface area (Å²) in [7, 11) is 0.322. The molecule has 0 fully saturated rings. The standard InChI is InChI=1S/C26H30N2O5Si/c1-6-26(31)20-12-22-23-18(13-28(22)24(29)19(20)14-33-25(26)30)16(9-10-34(3,4)5)17-11-15(32-2)7-8-21(17)27-23/h7-8,11-12,31H,6,9-10,13-14H2,1-5H3. The first-order valence-electron chi connectivity index (χ1n) is 11.7. The van der Waals surface area contributed by atoms with Crippen molar-refractivity contribution in [3.8, 4) is 17.1 Å². The number of fused-ring (bicyclic) bond motifs is 5. The molecule has 0 aliphatic carbocycles. The number of carbonyl (C=O) groups is 1. The Kier molecular flexibility index (Phi) is 5.22. The first-order valence-corrected chi connectivity index (χ1v) is 15.4. The summed E-state index contributed by atoms with van der Waals surface area (Å²) >= 11 is 0. The molecule has 0 amide bonds. The molecule has 0 bridgehead atoms. The Morgan fingerprint density at radius 2 is 1.97 bits per heavy atom. The number of nitrogens with zero attached hydrogens (tertiary/aromatic N) is 2. The van der Waals surface area contributed by atoms with Crippen LogP contribution in [0, 0.1) is 0 Å². The Bertz CT molecular complexity index is 1410. The van der Waals surface area contributed by atoms with Crippen LogP contribution in [0.15, 0.2) is 29.1 Å². The maximum absolute atomic E-state index is 13.5. The van der Waals surface area contributed by atoms with Crippen LogP contribution in [0.3, 0.4) is 0 Å². The largest absolute Gasteiger partial charge is 0.497 e. The molecule has 3 aromatic rings. The van der Waals surface area contributed by atoms with Gasteiger partial charge < -0.3 is 19.1 Å². The first kappa shape index (κ1) is 22.8. The van der Waals surface area contributed by atoms with Crippen molar-refractivity contribution in [2.24, 2.45) is 0 Å². The van der Waals surface area contributed by atoms with E-state index in [9.17, 15) is 14.7 Å². The number of esters is 1. The minimum absolute atomic E-state index is 0.124. The van der Waals surface area contributed by atoms with E-state index in [1.54, 1.807) is 24.7 Å². The lowest BCUT2D eigenvalue weighted by Crippen LogP contribution is -2.44. The number of aryl methyl sites for hydroxylation is 1. The quantitative estimate of drug-likeness (QED) is 0.345. The van der Waals surface area contributed by atoms with E-state index in [0.717, 1.165) is 40.4 Å². The van der Waals surface area contributed by atoms with Crippen LogP contribution < -0.4 is 10.3 Å². The van der Waals surface area contributed by atoms with Gasteiger partial charge in [-0.2, -0.15) is 0 Å². The van der Waals surface area contributed by atoms with Crippen LogP contribution in [0.25, 0.3) is 22.3 Å². The Morgan fingerprint density at radius 1 is 1.21 bits per heavy atom. The van der Waals surface area contributed by atoms with Gasteiger partial charge in [-0.15, -0.1) is 0 Å². The van der Waals surface area contributed by atoms with Crippen LogP contribution in [0.4, 0.5) is 0 Å². The molecule has 2 aromatic heterocycles. The third-order valence-electron chi connectivity index (χ3n) is 7.14. The van der Waals surface area contributed by atoms with Gasteiger partial charge in [-0.1, -0.05) is 32.6 Å². The third-order valence-corrected chi connectivity index (χ3v) is 8.89. The van der Waals surface area contributed by atoms with E-state index in [-0.39, 0.29) is 18.6 Å². The van der Waals surface area contributed by atoms with Gasteiger partial charge in [-0.3, -0.25) is 4.79 Å². The fraction of sp³-hybridized carbons (Fsp3) is 0.423. The van der Waals surface area contributed by atoms with Crippen LogP contribution in [-0.4, -0.2) is 35.8 Å². The molecule has 0 radical (unpaired) electrons. The Morgan fingerprint density at radius 3 is 2.65 bits per heavy atom. The fourth-order valence-electron chi connectivity index (χ4n) is 5.05. The SMILES string of the molecule is CCC1(O)C(=O)OCc2c1cc1n(c2=O)Cc2c-1nc1ccc(OC)cc1c2CC[Si](C)(C)C. The van der Waals surface area contributed by atoms with Gasteiger partial charge in [0.25, 0.3) is 5.56 Å². The van der Waals surface area contributed by atoms with E-state index in [4.69, 9.17) is 14.5 Å². The molecule has 2 aliphatic rings. The second kappa shape index (κ2) is 7.78. The molecule has 8 heteroatoms. The van der Waals surface area contributed by atoms with Crippen molar-refractivity contribution in [3.05, 3.63) is 56.9 Å². The van der Waals surface area contributed by atoms with Gasteiger partial charge in [0, 0.05) is 24.6 Å². The van der Waals surface area contributed by atoms with Crippen molar-refractivity contribution in [3.63, 3.8) is 0 Å². The predicted molar refractivity (Wildman–Crippen MR) is 133 cm³/mol. The number of aliphatic hydroxyl groups is 1. The van der Waals surface area contributed by atoms with Crippen molar-refractivity contribution in [2.75, 3.05) is 7.11 Å². The van der Waals surface area contributed by atoms with Crippen molar-refractivity contribution in [1.82, 2.24) is 9.55 Å². The number of methoxy groups -OCH3 is 1. The number of rotatable bonds is 5. The highest BCUT2D eigenvalue weighted by atomic mass is 28.3. The predicted octanol–water partition coefficient (Wildman–Crippen LogP) is 3.97. The lowest BCUT2D eigenvalue weighted by atomic mass is 9.86. The topological polar surface area (TPSA) is 90.7 Å². The first-order chi connectivity index (χ1) is 16.1. The van der Waals surface area contributed by atoms with Gasteiger partial charge in [-0.25, -0.2) is 9.78 Å². The summed E-state index contributed by atoms with van der Waals surface area (Å²) in [6.45, 7) is 9.06. The number of ether oxygens (including phenoxy) is 2. The van der Waals surface area contributed by atoms with Gasteiger partial charge in [0.1, 0.15) is 12.4 Å². The number of benzene rings is 1. The maximum Gasteiger partial charge on any atom is 0.343 e. The molecular formula is C26H30N2O5Si. The normalized spacial score (nSPS) is 18.9. The Hall–Kier alpha value is -2.97. The van der Waals surface area contributed by atoms with Crippen LogP contribution >= 0.6 is 0 Å². The molecule has 1 aromatic carbocycles. The van der Waals surface area contributed by atoms with E-state index >= 15 is 0 Å². The van der Waals surface area contributed by atoms with Gasteiger partial charge in [0.15, 0.2) is 5.60 Å². The van der Waals surface area contributed by atoms with Crippen molar-refractivity contribution in [1.29, 1.82) is 0 Å². The van der Waals surface area contributed by atoms with Gasteiger partial charge in [-0.05, 0) is 42.7 Å². The number of hydrogen-bond acceptors (Lipinski definition) is 6. The highest BCUT2D eigenvalue weighted by Crippen LogP contribution is 2.41. The lowest BCUT2D eigenvalue weighted by Gasteiger charge is -2.31. The molecule has 1 atom stereocenters. The summed E-state index contributed by atoms with van der Waals surface area (Å²) in [4.78, 5) is 30.9. The van der Waals surface area contributed by atoms with Crippen LogP contribution in [0.2, 0.25) is 25.7 Å². The fourth-order valence-corrected chi connectivity index (χ4v) is 6.05. The lowest BCUT2D eigenvalue weighted by molar-refractivity contribution is -0.172. The molecule has 2 aliphatic heterocycles. The molecule has 0 saturated carbocycles. The van der Waals surface area contributed by atoms with Crippen molar-refractivity contribution >= 4 is 24.9 Å². The van der Waals surface area contributed by atoms with Gasteiger partial charge in [0.2, 0.25) is 0 Å². The summed E-state index contributed by atoms with van der Waals surface area (Å²) in [5, 5.41) is 12.2. The molecule has 1 N–H and O–H groups in total. The molecule has 0 spiro atoms. The molecule has 34 heavy (non-hydrogen) atoms. The average Bonchev–Trinajstić information content (AvgIpc) is 3.17. The average molecular weight is 479 g/mol. The molecule has 0 saturated heterocycles. The second-order valence-corrected chi connectivity index (χ2v) is 16.1. The summed E-state index contributed by atoms with van der Waals surface area (Å²) in [6, 6.07) is 8.75. The zero-order chi connectivity index (χ0) is 24.4. The molecule has 7 nitrogen and oxygen atoms in total. The molecule has 4 heterocycles. The minimum Gasteiger partial charge on any atom is -0.497 e. The molecular weight excluding hydrogens is 448 g/mol. The van der Waals surface area contributed by atoms with Crippen LogP contribution in [0.5, 0.6) is 5.75 Å². The van der Waals surface area contributed by atoms with Crippen molar-refractivity contribution < 1.29 is 19.4 Å². The van der Waals surface area contributed by atoms with E-state index in [2.05, 4.69) is 19.6 Å². The zero-order valence-corrected chi connectivity index (χ0v) is 21.3. The highest BCUT2D eigenvalue weighted by Gasteiger charge is 2.45. The summed E-state index contributed by atoms with van der Waals surface area (Å²) in [6.07, 6.45) is 1.02. The van der Waals surface area contributed by atoms with Crippen LogP contribution in [0.1, 0.15) is 35.6 Å². The zero-order valence-electron chi connectivity index (χ0n) is 20.3. The van der Waals surface area contributed by atoms with E-state index in [0.29, 0.717) is 23.4 Å². The number of hydrogen-bond donors (Lipinski definition) is 1. The Balaban J connectivity index is 1.77. The number of aromatic nitrogens is 2. The molecule has 5 rings (SSSR count). The number of carbonyl (C=O) groups excluding carboxylic acids is 1. The van der Waals surface area contributed by atoms with E-state index < -0.39 is 19.6 Å². The smallest absolute Gasteiger partial charge is 0.343 e. The maximum atomic E-state index is 13.5. The number of pyridine rings is 2. The minimum atomic E-state index is -1.82.